The van der Waals surface area contributed by atoms with E-state index >= 15 is 0 Å². The topological polar surface area (TPSA) is 90.7 Å². The third kappa shape index (κ3) is 4.10. The number of amides is 1. The molecule has 3 aromatic heterocycles. The summed E-state index contributed by atoms with van der Waals surface area (Å²) in [6, 6.07) is 6.12. The van der Waals surface area contributed by atoms with Gasteiger partial charge in [-0.25, -0.2) is 14.4 Å². The van der Waals surface area contributed by atoms with Gasteiger partial charge in [0.05, 0.1) is 29.5 Å². The zero-order valence-corrected chi connectivity index (χ0v) is 19.1. The molecule has 3 aromatic rings. The number of pyridine rings is 1. The molecule has 0 radical (unpaired) electrons. The van der Waals surface area contributed by atoms with Crippen molar-refractivity contribution in [3.63, 3.8) is 0 Å². The van der Waals surface area contributed by atoms with E-state index in [2.05, 4.69) is 37.4 Å². The summed E-state index contributed by atoms with van der Waals surface area (Å²) in [5.74, 6) is 0.0257. The number of halogens is 1. The lowest BCUT2D eigenvalue weighted by Gasteiger charge is -2.41. The van der Waals surface area contributed by atoms with E-state index in [1.807, 2.05) is 42.6 Å². The number of rotatable bonds is 5. The molecule has 33 heavy (non-hydrogen) atoms. The molecular weight excluding hydrogens is 423 g/mol. The molecule has 1 atom stereocenters. The molecule has 5 rings (SSSR count). The highest BCUT2D eigenvalue weighted by atomic mass is 19.1. The van der Waals surface area contributed by atoms with E-state index in [9.17, 15) is 9.18 Å². The highest BCUT2D eigenvalue weighted by Crippen LogP contribution is 2.29. The van der Waals surface area contributed by atoms with Gasteiger partial charge in [-0.05, 0) is 32.9 Å². The van der Waals surface area contributed by atoms with Gasteiger partial charge in [-0.3, -0.25) is 4.79 Å². The van der Waals surface area contributed by atoms with Gasteiger partial charge in [-0.2, -0.15) is 4.98 Å². The summed E-state index contributed by atoms with van der Waals surface area (Å²) in [4.78, 5) is 29.9. The van der Waals surface area contributed by atoms with Crippen molar-refractivity contribution in [2.45, 2.75) is 32.4 Å². The summed E-state index contributed by atoms with van der Waals surface area (Å²) in [5.41, 5.74) is 1.13. The molecule has 0 saturated carbocycles. The average molecular weight is 453 g/mol. The van der Waals surface area contributed by atoms with Crippen molar-refractivity contribution in [3.8, 4) is 0 Å². The fourth-order valence-electron chi connectivity index (χ4n) is 4.52. The second-order valence-corrected chi connectivity index (χ2v) is 9.43. The predicted molar refractivity (Wildman–Crippen MR) is 124 cm³/mol. The lowest BCUT2D eigenvalue weighted by molar-refractivity contribution is -0.127. The van der Waals surface area contributed by atoms with Gasteiger partial charge in [0, 0.05) is 45.0 Å². The first-order valence-corrected chi connectivity index (χ1v) is 11.3. The van der Waals surface area contributed by atoms with E-state index in [0.717, 1.165) is 31.0 Å². The van der Waals surface area contributed by atoms with Gasteiger partial charge in [-0.15, -0.1) is 0 Å². The summed E-state index contributed by atoms with van der Waals surface area (Å²) >= 11 is 0. The van der Waals surface area contributed by atoms with Crippen LogP contribution in [0.3, 0.4) is 0 Å². The van der Waals surface area contributed by atoms with Crippen LogP contribution in [0.1, 0.15) is 26.5 Å². The van der Waals surface area contributed by atoms with Crippen molar-refractivity contribution in [1.82, 2.24) is 30.0 Å². The number of nitrogens with zero attached hydrogens (tertiary/aromatic N) is 6. The van der Waals surface area contributed by atoms with Crippen molar-refractivity contribution in [2.75, 3.05) is 42.5 Å². The van der Waals surface area contributed by atoms with Crippen LogP contribution in [0.2, 0.25) is 0 Å². The van der Waals surface area contributed by atoms with Crippen LogP contribution < -0.4 is 20.4 Å². The number of hydrogen-bond donors (Lipinski definition) is 2. The second kappa shape index (κ2) is 8.26. The van der Waals surface area contributed by atoms with Crippen molar-refractivity contribution < 1.29 is 9.18 Å². The first-order chi connectivity index (χ1) is 15.8. The summed E-state index contributed by atoms with van der Waals surface area (Å²) in [5, 5.41) is 6.52. The molecule has 0 unspecified atom stereocenters. The van der Waals surface area contributed by atoms with Gasteiger partial charge in [0.1, 0.15) is 5.65 Å². The Kier molecular flexibility index (Phi) is 5.40. The quantitative estimate of drug-likeness (QED) is 0.607. The van der Waals surface area contributed by atoms with E-state index in [1.165, 1.54) is 6.20 Å². The Hall–Kier alpha value is -3.27. The van der Waals surface area contributed by atoms with Gasteiger partial charge in [-0.1, -0.05) is 6.07 Å². The molecule has 10 heteroatoms. The highest BCUT2D eigenvalue weighted by molar-refractivity contribution is 5.82. The number of nitrogens with one attached hydrogen (secondary N) is 2. The van der Waals surface area contributed by atoms with Crippen LogP contribution in [0, 0.1) is 11.7 Å². The molecule has 5 heterocycles. The van der Waals surface area contributed by atoms with E-state index in [0.29, 0.717) is 25.1 Å². The summed E-state index contributed by atoms with van der Waals surface area (Å²) in [6.45, 7) is 9.24. The molecule has 2 aliphatic rings. The van der Waals surface area contributed by atoms with E-state index < -0.39 is 11.4 Å². The van der Waals surface area contributed by atoms with Crippen LogP contribution >= 0.6 is 0 Å². The number of carbonyl (C=O) groups is 1. The maximum absolute atomic E-state index is 14.5. The molecule has 0 aliphatic carbocycles. The molecule has 1 amide bonds. The fraction of sp³-hybridized carbons (Fsp3) is 0.478. The van der Waals surface area contributed by atoms with Crippen molar-refractivity contribution in [2.24, 2.45) is 5.92 Å². The van der Waals surface area contributed by atoms with Crippen molar-refractivity contribution in [3.05, 3.63) is 48.3 Å². The minimum absolute atomic E-state index is 0.0623. The van der Waals surface area contributed by atoms with E-state index in [4.69, 9.17) is 0 Å². The molecule has 2 fully saturated rings. The SMILES string of the molecule is C[C@@H]1CN(c2ncc(F)c(N3CC(C(=O)NC(C)(C)c4cnc5ccccn45)C3)n2)CCN1. The Morgan fingerprint density at radius 2 is 2.00 bits per heavy atom. The Balaban J connectivity index is 1.25. The monoisotopic (exact) mass is 452 g/mol. The average Bonchev–Trinajstić information content (AvgIpc) is 3.19. The Labute approximate surface area is 192 Å². The normalized spacial score (nSPS) is 19.6. The highest BCUT2D eigenvalue weighted by Gasteiger charge is 2.38. The lowest BCUT2D eigenvalue weighted by atomic mass is 9.95. The minimum atomic E-state index is -0.607. The first-order valence-electron chi connectivity index (χ1n) is 11.3. The lowest BCUT2D eigenvalue weighted by Crippen LogP contribution is -2.57. The summed E-state index contributed by atoms with van der Waals surface area (Å²) in [7, 11) is 0. The smallest absolute Gasteiger partial charge is 0.227 e. The molecule has 174 valence electrons. The maximum atomic E-state index is 14.5. The van der Waals surface area contributed by atoms with Crippen LogP contribution in [-0.4, -0.2) is 64.0 Å². The molecule has 0 bridgehead atoms. The number of carbonyl (C=O) groups excluding carboxylic acids is 1. The van der Waals surface area contributed by atoms with E-state index in [1.54, 1.807) is 11.1 Å². The van der Waals surface area contributed by atoms with Crippen LogP contribution in [-0.2, 0) is 10.3 Å². The van der Waals surface area contributed by atoms with Crippen LogP contribution in [0.4, 0.5) is 16.2 Å². The number of piperazine rings is 1. The van der Waals surface area contributed by atoms with E-state index in [-0.39, 0.29) is 17.6 Å². The van der Waals surface area contributed by atoms with Crippen molar-refractivity contribution in [1.29, 1.82) is 0 Å². The molecular formula is C23H29FN8O. The number of anilines is 2. The second-order valence-electron chi connectivity index (χ2n) is 9.43. The van der Waals surface area contributed by atoms with Crippen LogP contribution in [0.25, 0.3) is 5.65 Å². The number of fused-ring (bicyclic) bond motifs is 1. The number of imidazole rings is 1. The first kappa shape index (κ1) is 21.6. The molecule has 2 N–H and O–H groups in total. The third-order valence-electron chi connectivity index (χ3n) is 6.41. The summed E-state index contributed by atoms with van der Waals surface area (Å²) < 4.78 is 16.5. The van der Waals surface area contributed by atoms with Gasteiger partial charge < -0.3 is 24.8 Å². The van der Waals surface area contributed by atoms with Crippen LogP contribution in [0.15, 0.2) is 36.8 Å². The minimum Gasteiger partial charge on any atom is -0.352 e. The number of hydrogen-bond acceptors (Lipinski definition) is 7. The Bertz CT molecular complexity index is 1170. The fourth-order valence-corrected chi connectivity index (χ4v) is 4.52. The summed E-state index contributed by atoms with van der Waals surface area (Å²) in [6.07, 6.45) is 4.95. The molecule has 0 spiro atoms. The van der Waals surface area contributed by atoms with Gasteiger partial charge in [0.25, 0.3) is 0 Å². The zero-order chi connectivity index (χ0) is 23.2. The zero-order valence-electron chi connectivity index (χ0n) is 19.1. The third-order valence-corrected chi connectivity index (χ3v) is 6.41. The predicted octanol–water partition coefficient (Wildman–Crippen LogP) is 1.55. The largest absolute Gasteiger partial charge is 0.352 e. The Morgan fingerprint density at radius 1 is 1.18 bits per heavy atom. The maximum Gasteiger partial charge on any atom is 0.227 e. The van der Waals surface area contributed by atoms with Crippen LogP contribution in [0.5, 0.6) is 0 Å². The molecule has 2 aliphatic heterocycles. The molecule has 0 aromatic carbocycles. The Morgan fingerprint density at radius 3 is 2.79 bits per heavy atom. The van der Waals surface area contributed by atoms with Crippen molar-refractivity contribution >= 4 is 23.3 Å². The molecule has 2 saturated heterocycles. The van der Waals surface area contributed by atoms with Gasteiger partial charge >= 0.3 is 0 Å². The van der Waals surface area contributed by atoms with Gasteiger partial charge in [0.2, 0.25) is 11.9 Å². The molecule has 9 nitrogen and oxygen atoms in total. The standard InChI is InChI=1S/C23H29FN8O/c1-15-12-30(9-7-25-15)22-27-10-17(24)20(28-22)31-13-16(14-31)21(33)29-23(2,3)18-11-26-19-6-4-5-8-32(18)19/h4-6,8,10-11,15-16,25H,7,9,12-14H2,1-3H3,(H,29,33)/t15-/m1/s1. The van der Waals surface area contributed by atoms with Gasteiger partial charge in [0.15, 0.2) is 11.6 Å². The number of aromatic nitrogens is 4.